The van der Waals surface area contributed by atoms with Crippen LogP contribution < -0.4 is 4.74 Å². The first-order valence-corrected chi connectivity index (χ1v) is 9.59. The average Bonchev–Trinajstić information content (AvgIpc) is 2.63. The van der Waals surface area contributed by atoms with E-state index in [-0.39, 0.29) is 17.8 Å². The number of aliphatic hydroxyl groups excluding tert-OH is 1. The lowest BCUT2D eigenvalue weighted by atomic mass is 9.60. The number of aromatic nitrogens is 1. The molecule has 1 fully saturated rings. The highest BCUT2D eigenvalue weighted by Crippen LogP contribution is 2.47. The summed E-state index contributed by atoms with van der Waals surface area (Å²) in [5.74, 6) is -0.498. The highest BCUT2D eigenvalue weighted by Gasteiger charge is 2.57. The summed E-state index contributed by atoms with van der Waals surface area (Å²) < 4.78 is 11.0. The van der Waals surface area contributed by atoms with Gasteiger partial charge in [-0.3, -0.25) is 9.59 Å². The number of hydrogen-bond donors (Lipinski definition) is 1. The first-order chi connectivity index (χ1) is 12.9. The Hall–Kier alpha value is -2.21. The molecule has 6 heteroatoms. The largest absolute Gasteiger partial charge is 0.481 e. The van der Waals surface area contributed by atoms with Crippen LogP contribution in [0.25, 0.3) is 0 Å². The van der Waals surface area contributed by atoms with Crippen LogP contribution in [0.3, 0.4) is 0 Å². The van der Waals surface area contributed by atoms with Crippen LogP contribution in [0, 0.1) is 5.92 Å². The van der Waals surface area contributed by atoms with Gasteiger partial charge in [-0.2, -0.15) is 0 Å². The summed E-state index contributed by atoms with van der Waals surface area (Å²) in [5.41, 5.74) is 1.04. The molecule has 6 nitrogen and oxygen atoms in total. The molecule has 1 N–H and O–H groups in total. The Bertz CT molecular complexity index is 817. The zero-order chi connectivity index (χ0) is 19.2. The summed E-state index contributed by atoms with van der Waals surface area (Å²) in [6, 6.07) is 3.48. The summed E-state index contributed by atoms with van der Waals surface area (Å²) >= 11 is 0. The lowest BCUT2D eigenvalue weighted by Gasteiger charge is -2.42. The van der Waals surface area contributed by atoms with Crippen LogP contribution in [-0.4, -0.2) is 41.2 Å². The minimum atomic E-state index is -1.33. The summed E-state index contributed by atoms with van der Waals surface area (Å²) in [7, 11) is 1.55. The van der Waals surface area contributed by atoms with Gasteiger partial charge in [0, 0.05) is 24.8 Å². The monoisotopic (exact) mass is 371 g/mol. The van der Waals surface area contributed by atoms with Gasteiger partial charge in [0.05, 0.1) is 18.9 Å². The summed E-state index contributed by atoms with van der Waals surface area (Å²) in [5, 5.41) is 9.90. The maximum absolute atomic E-state index is 13.4. The number of pyridine rings is 1. The summed E-state index contributed by atoms with van der Waals surface area (Å²) in [6.07, 6.45) is 4.64. The topological polar surface area (TPSA) is 85.7 Å². The van der Waals surface area contributed by atoms with E-state index in [1.807, 2.05) is 13.0 Å². The highest BCUT2D eigenvalue weighted by molar-refractivity contribution is 6.13. The second kappa shape index (κ2) is 6.75. The molecule has 3 aliphatic rings. The zero-order valence-corrected chi connectivity index (χ0v) is 15.7. The molecule has 4 rings (SSSR count). The molecule has 0 saturated heterocycles. The third-order valence-corrected chi connectivity index (χ3v) is 6.04. The fraction of sp³-hybridized carbons (Fsp3) is 0.571. The van der Waals surface area contributed by atoms with Crippen molar-refractivity contribution in [2.75, 3.05) is 7.11 Å². The highest BCUT2D eigenvalue weighted by atomic mass is 16.5. The lowest BCUT2D eigenvalue weighted by molar-refractivity contribution is -0.163. The molecule has 0 radical (unpaired) electrons. The van der Waals surface area contributed by atoms with E-state index >= 15 is 0 Å². The van der Waals surface area contributed by atoms with Crippen LogP contribution in [0.5, 0.6) is 5.88 Å². The van der Waals surface area contributed by atoms with Crippen molar-refractivity contribution in [1.82, 2.24) is 4.98 Å². The third-order valence-electron chi connectivity index (χ3n) is 6.04. The van der Waals surface area contributed by atoms with Crippen molar-refractivity contribution in [3.05, 3.63) is 35.0 Å². The van der Waals surface area contributed by atoms with Gasteiger partial charge in [-0.05, 0) is 38.2 Å². The van der Waals surface area contributed by atoms with Crippen LogP contribution in [0.4, 0.5) is 0 Å². The Labute approximate surface area is 158 Å². The number of rotatable bonds is 3. The van der Waals surface area contributed by atoms with Crippen molar-refractivity contribution in [3.8, 4) is 5.88 Å². The zero-order valence-electron chi connectivity index (χ0n) is 15.7. The second-order valence-corrected chi connectivity index (χ2v) is 7.97. The van der Waals surface area contributed by atoms with Gasteiger partial charge in [-0.1, -0.05) is 17.7 Å². The van der Waals surface area contributed by atoms with E-state index in [0.717, 1.165) is 30.5 Å². The molecule has 144 valence electrons. The van der Waals surface area contributed by atoms with Gasteiger partial charge in [-0.15, -0.1) is 0 Å². The number of ketones is 1. The van der Waals surface area contributed by atoms with Crippen molar-refractivity contribution >= 4 is 11.8 Å². The van der Waals surface area contributed by atoms with Crippen molar-refractivity contribution in [2.45, 2.75) is 63.1 Å². The predicted molar refractivity (Wildman–Crippen MR) is 97.4 cm³/mol. The number of fused-ring (bicyclic) bond motifs is 4. The third kappa shape index (κ3) is 2.96. The lowest BCUT2D eigenvalue weighted by Crippen LogP contribution is -2.54. The fourth-order valence-corrected chi connectivity index (χ4v) is 4.79. The molecule has 0 aromatic carbocycles. The van der Waals surface area contributed by atoms with E-state index in [1.54, 1.807) is 19.2 Å². The predicted octanol–water partition coefficient (Wildman–Crippen LogP) is 2.27. The number of hydrogen-bond acceptors (Lipinski definition) is 6. The van der Waals surface area contributed by atoms with Crippen LogP contribution in [-0.2, 0) is 26.2 Å². The van der Waals surface area contributed by atoms with E-state index < -0.39 is 17.5 Å². The van der Waals surface area contributed by atoms with Crippen LogP contribution in [0.15, 0.2) is 23.8 Å². The van der Waals surface area contributed by atoms with Gasteiger partial charge in [-0.25, -0.2) is 4.98 Å². The number of nitrogens with zero attached hydrogens (tertiary/aromatic N) is 1. The van der Waals surface area contributed by atoms with Crippen LogP contribution in [0.2, 0.25) is 0 Å². The van der Waals surface area contributed by atoms with E-state index in [0.29, 0.717) is 30.7 Å². The maximum atomic E-state index is 13.4. The van der Waals surface area contributed by atoms with Crippen LogP contribution >= 0.6 is 0 Å². The number of aliphatic hydroxyl groups is 1. The number of Topliss-reactive ketones (excluding diaryl/α,β-unsaturated/α-hetero) is 1. The maximum Gasteiger partial charge on any atom is 0.324 e. The van der Waals surface area contributed by atoms with E-state index in [4.69, 9.17) is 9.47 Å². The van der Waals surface area contributed by atoms with Crippen molar-refractivity contribution in [2.24, 2.45) is 5.92 Å². The summed E-state index contributed by atoms with van der Waals surface area (Å²) in [4.78, 5) is 31.2. The SMILES string of the molecule is COc1ccc2c(n1)CC1C=C(C)C[C@@]2(C(=O)O[C@@H]2CCC[C@H](O)C2)C1=O. The van der Waals surface area contributed by atoms with E-state index in [1.165, 1.54) is 0 Å². The number of methoxy groups -OCH3 is 1. The molecule has 0 aliphatic heterocycles. The van der Waals surface area contributed by atoms with E-state index in [2.05, 4.69) is 4.98 Å². The molecule has 1 unspecified atom stereocenters. The number of esters is 1. The Morgan fingerprint density at radius 1 is 1.33 bits per heavy atom. The molecule has 3 aliphatic carbocycles. The quantitative estimate of drug-likeness (QED) is 0.498. The number of carbonyl (C=O) groups excluding carboxylic acids is 2. The average molecular weight is 371 g/mol. The van der Waals surface area contributed by atoms with Crippen molar-refractivity contribution in [3.63, 3.8) is 0 Å². The van der Waals surface area contributed by atoms with Crippen molar-refractivity contribution < 1.29 is 24.2 Å². The first kappa shape index (κ1) is 18.2. The van der Waals surface area contributed by atoms with Gasteiger partial charge in [0.15, 0.2) is 11.2 Å². The Morgan fingerprint density at radius 2 is 2.15 bits per heavy atom. The minimum absolute atomic E-state index is 0.103. The molecule has 0 spiro atoms. The molecule has 27 heavy (non-hydrogen) atoms. The molecule has 2 bridgehead atoms. The molecule has 1 aromatic rings. The normalized spacial score (nSPS) is 32.3. The van der Waals surface area contributed by atoms with Gasteiger partial charge >= 0.3 is 5.97 Å². The standard InChI is InChI=1S/C21H25NO5/c1-12-8-13-9-17-16(6-7-18(22-17)26-2)21(11-12,19(13)24)20(25)27-15-5-3-4-14(23)10-15/h6-8,13-15,23H,3-5,9-11H2,1-2H3/t13?,14-,15+,21-/m0/s1. The van der Waals surface area contributed by atoms with Gasteiger partial charge in [0.1, 0.15) is 6.10 Å². The Balaban J connectivity index is 1.74. The fourth-order valence-electron chi connectivity index (χ4n) is 4.79. The van der Waals surface area contributed by atoms with Crippen molar-refractivity contribution in [1.29, 1.82) is 0 Å². The minimum Gasteiger partial charge on any atom is -0.481 e. The van der Waals surface area contributed by atoms with Gasteiger partial charge < -0.3 is 14.6 Å². The first-order valence-electron chi connectivity index (χ1n) is 9.59. The molecule has 1 aromatic heterocycles. The van der Waals surface area contributed by atoms with Gasteiger partial charge in [0.25, 0.3) is 0 Å². The molecular weight excluding hydrogens is 346 g/mol. The van der Waals surface area contributed by atoms with Gasteiger partial charge in [0.2, 0.25) is 5.88 Å². The van der Waals surface area contributed by atoms with Crippen LogP contribution in [0.1, 0.15) is 50.3 Å². The second-order valence-electron chi connectivity index (χ2n) is 7.97. The summed E-state index contributed by atoms with van der Waals surface area (Å²) in [6.45, 7) is 1.95. The number of carbonyl (C=O) groups is 2. The molecule has 0 amide bonds. The Kier molecular flexibility index (Phi) is 4.54. The number of ether oxygens (including phenoxy) is 2. The smallest absolute Gasteiger partial charge is 0.324 e. The molecule has 4 atom stereocenters. The van der Waals surface area contributed by atoms with E-state index in [9.17, 15) is 14.7 Å². The molecular formula is C21H25NO5. The number of allylic oxidation sites excluding steroid dienone is 2. The Morgan fingerprint density at radius 3 is 2.89 bits per heavy atom. The molecule has 1 saturated carbocycles. The molecule has 1 heterocycles.